The molecule has 1 rings (SSSR count). The predicted octanol–water partition coefficient (Wildman–Crippen LogP) is 1.43. The second kappa shape index (κ2) is 3.54. The van der Waals surface area contributed by atoms with Crippen molar-refractivity contribution in [2.24, 2.45) is 0 Å². The fourth-order valence-electron chi connectivity index (χ4n) is 2.27. The van der Waals surface area contributed by atoms with Gasteiger partial charge in [-0.2, -0.15) is 0 Å². The van der Waals surface area contributed by atoms with E-state index in [1.54, 1.807) is 6.92 Å². The van der Waals surface area contributed by atoms with Gasteiger partial charge in [0.1, 0.15) is 0 Å². The molecule has 0 atom stereocenters. The molecule has 1 aliphatic carbocycles. The summed E-state index contributed by atoms with van der Waals surface area (Å²) in [5, 5.41) is 6.53. The molecule has 14 heavy (non-hydrogen) atoms. The second-order valence-corrected chi connectivity index (χ2v) is 5.74. The van der Waals surface area contributed by atoms with E-state index >= 15 is 0 Å². The minimum absolute atomic E-state index is 0.0226. The van der Waals surface area contributed by atoms with Gasteiger partial charge >= 0.3 is 0 Å². The first-order valence-corrected chi connectivity index (χ1v) is 5.27. The second-order valence-electron chi connectivity index (χ2n) is 5.74. The molecule has 2 N–H and O–H groups in total. The van der Waals surface area contributed by atoms with Crippen molar-refractivity contribution in [2.75, 3.05) is 0 Å². The molecule has 0 unspecified atom stereocenters. The summed E-state index contributed by atoms with van der Waals surface area (Å²) in [6.07, 6.45) is 2.06. The number of carbonyl (C=O) groups is 1. The molecule has 3 nitrogen and oxygen atoms in total. The van der Waals surface area contributed by atoms with Gasteiger partial charge in [0.05, 0.1) is 0 Å². The highest BCUT2D eigenvalue weighted by atomic mass is 16.1. The molecule has 0 spiro atoms. The van der Waals surface area contributed by atoms with Gasteiger partial charge in [-0.3, -0.25) is 4.79 Å². The van der Waals surface area contributed by atoms with Crippen LogP contribution in [0.4, 0.5) is 0 Å². The summed E-state index contributed by atoms with van der Waals surface area (Å²) >= 11 is 0. The fraction of sp³-hybridized carbons (Fsp3) is 0.909. The van der Waals surface area contributed by atoms with Crippen LogP contribution in [0.2, 0.25) is 0 Å². The minimum Gasteiger partial charge on any atom is -0.351 e. The fourth-order valence-corrected chi connectivity index (χ4v) is 2.27. The number of hydrogen-bond acceptors (Lipinski definition) is 2. The van der Waals surface area contributed by atoms with Gasteiger partial charge in [0.25, 0.3) is 0 Å². The average molecular weight is 198 g/mol. The van der Waals surface area contributed by atoms with Gasteiger partial charge < -0.3 is 10.6 Å². The molecule has 1 saturated carbocycles. The summed E-state index contributed by atoms with van der Waals surface area (Å²) in [6.45, 7) is 10.2. The lowest BCUT2D eigenvalue weighted by Gasteiger charge is -2.48. The Balaban J connectivity index is 2.32. The Morgan fingerprint density at radius 2 is 1.86 bits per heavy atom. The van der Waals surface area contributed by atoms with Gasteiger partial charge in [0.2, 0.25) is 5.91 Å². The quantitative estimate of drug-likeness (QED) is 0.705. The van der Waals surface area contributed by atoms with Crippen molar-refractivity contribution in [1.29, 1.82) is 0 Å². The van der Waals surface area contributed by atoms with E-state index in [2.05, 4.69) is 38.3 Å². The molecule has 0 aromatic heterocycles. The van der Waals surface area contributed by atoms with Crippen LogP contribution in [-0.2, 0) is 4.79 Å². The standard InChI is InChI=1S/C11H22N2O/c1-8(14)12-11(5)6-9(7-11)13-10(2,3)4/h9,13H,6-7H2,1-5H3,(H,12,14)/t9-,11+. The average Bonchev–Trinajstić information content (AvgIpc) is 1.76. The van der Waals surface area contributed by atoms with Crippen molar-refractivity contribution in [1.82, 2.24) is 10.6 Å². The zero-order valence-electron chi connectivity index (χ0n) is 9.90. The van der Waals surface area contributed by atoms with Crippen LogP contribution in [0.1, 0.15) is 47.5 Å². The van der Waals surface area contributed by atoms with Gasteiger partial charge in [-0.25, -0.2) is 0 Å². The van der Waals surface area contributed by atoms with Crippen molar-refractivity contribution in [3.63, 3.8) is 0 Å². The van der Waals surface area contributed by atoms with Gasteiger partial charge in [-0.1, -0.05) is 0 Å². The van der Waals surface area contributed by atoms with Crippen LogP contribution in [0, 0.1) is 0 Å². The van der Waals surface area contributed by atoms with E-state index in [1.165, 1.54) is 0 Å². The molecule has 0 heterocycles. The predicted molar refractivity (Wildman–Crippen MR) is 58.1 cm³/mol. The smallest absolute Gasteiger partial charge is 0.217 e. The molecule has 0 saturated heterocycles. The Labute approximate surface area is 86.6 Å². The third-order valence-corrected chi connectivity index (χ3v) is 2.51. The normalized spacial score (nSPS) is 32.2. The molecule has 0 aromatic rings. The molecule has 82 valence electrons. The lowest BCUT2D eigenvalue weighted by atomic mass is 9.73. The van der Waals surface area contributed by atoms with Crippen molar-refractivity contribution in [2.45, 2.75) is 64.6 Å². The molecule has 3 heteroatoms. The van der Waals surface area contributed by atoms with Crippen molar-refractivity contribution in [3.8, 4) is 0 Å². The number of rotatable bonds is 2. The molecule has 0 bridgehead atoms. The number of amides is 1. The summed E-state index contributed by atoms with van der Waals surface area (Å²) in [6, 6.07) is 0.548. The maximum atomic E-state index is 10.9. The van der Waals surface area contributed by atoms with Crippen LogP contribution in [0.25, 0.3) is 0 Å². The SMILES string of the molecule is CC(=O)N[C@]1(C)C[C@H](NC(C)(C)C)C1. The number of carbonyl (C=O) groups excluding carboxylic acids is 1. The van der Waals surface area contributed by atoms with E-state index in [4.69, 9.17) is 0 Å². The van der Waals surface area contributed by atoms with E-state index in [9.17, 15) is 4.79 Å². The topological polar surface area (TPSA) is 41.1 Å². The van der Waals surface area contributed by atoms with E-state index < -0.39 is 0 Å². The third-order valence-electron chi connectivity index (χ3n) is 2.51. The monoisotopic (exact) mass is 198 g/mol. The Hall–Kier alpha value is -0.570. The van der Waals surface area contributed by atoms with Gasteiger partial charge in [-0.05, 0) is 40.5 Å². The third kappa shape index (κ3) is 3.29. The van der Waals surface area contributed by atoms with E-state index in [-0.39, 0.29) is 17.0 Å². The summed E-state index contributed by atoms with van der Waals surface area (Å²) in [4.78, 5) is 10.9. The maximum Gasteiger partial charge on any atom is 0.217 e. The molecule has 1 fully saturated rings. The van der Waals surface area contributed by atoms with Gasteiger partial charge in [0, 0.05) is 24.0 Å². The van der Waals surface area contributed by atoms with E-state index in [0.29, 0.717) is 6.04 Å². The van der Waals surface area contributed by atoms with Crippen molar-refractivity contribution >= 4 is 5.91 Å². The molecular formula is C11H22N2O. The maximum absolute atomic E-state index is 10.9. The molecule has 0 radical (unpaired) electrons. The van der Waals surface area contributed by atoms with Crippen LogP contribution in [0.5, 0.6) is 0 Å². The molecule has 1 amide bonds. The minimum atomic E-state index is 0.0226. The van der Waals surface area contributed by atoms with Crippen LogP contribution in [-0.4, -0.2) is 23.0 Å². The first-order valence-electron chi connectivity index (χ1n) is 5.27. The van der Waals surface area contributed by atoms with Crippen LogP contribution < -0.4 is 10.6 Å². The number of hydrogen-bond donors (Lipinski definition) is 2. The highest BCUT2D eigenvalue weighted by Crippen LogP contribution is 2.32. The van der Waals surface area contributed by atoms with E-state index in [1.807, 2.05) is 0 Å². The van der Waals surface area contributed by atoms with Crippen LogP contribution >= 0.6 is 0 Å². The summed E-state index contributed by atoms with van der Waals surface area (Å²) in [5.74, 6) is 0.0710. The number of nitrogens with one attached hydrogen (secondary N) is 2. The lowest BCUT2D eigenvalue weighted by molar-refractivity contribution is -0.122. The Bertz CT molecular complexity index is 224. The van der Waals surface area contributed by atoms with Gasteiger partial charge in [-0.15, -0.1) is 0 Å². The molecular weight excluding hydrogens is 176 g/mol. The molecule has 1 aliphatic rings. The largest absolute Gasteiger partial charge is 0.351 e. The lowest BCUT2D eigenvalue weighted by Crippen LogP contribution is -2.63. The zero-order chi connectivity index (χ0) is 11.0. The van der Waals surface area contributed by atoms with Gasteiger partial charge in [0.15, 0.2) is 0 Å². The van der Waals surface area contributed by atoms with E-state index in [0.717, 1.165) is 12.8 Å². The van der Waals surface area contributed by atoms with Crippen LogP contribution in [0.3, 0.4) is 0 Å². The molecule has 0 aliphatic heterocycles. The van der Waals surface area contributed by atoms with Crippen molar-refractivity contribution < 1.29 is 4.79 Å². The van der Waals surface area contributed by atoms with Crippen LogP contribution in [0.15, 0.2) is 0 Å². The summed E-state index contributed by atoms with van der Waals surface area (Å²) in [7, 11) is 0. The first kappa shape index (κ1) is 11.5. The van der Waals surface area contributed by atoms with Crippen molar-refractivity contribution in [3.05, 3.63) is 0 Å². The summed E-state index contributed by atoms with van der Waals surface area (Å²) in [5.41, 5.74) is 0.191. The zero-order valence-corrected chi connectivity index (χ0v) is 9.90. The first-order chi connectivity index (χ1) is 6.20. The highest BCUT2D eigenvalue weighted by Gasteiger charge is 2.41. The Morgan fingerprint density at radius 1 is 1.36 bits per heavy atom. The molecule has 0 aromatic carbocycles. The Morgan fingerprint density at radius 3 is 2.21 bits per heavy atom. The summed E-state index contributed by atoms with van der Waals surface area (Å²) < 4.78 is 0. The Kier molecular flexibility index (Phi) is 2.91. The highest BCUT2D eigenvalue weighted by molar-refractivity contribution is 5.74.